The lowest BCUT2D eigenvalue weighted by Crippen LogP contribution is -2.20. The number of hydrogen-bond acceptors (Lipinski definition) is 2. The Morgan fingerprint density at radius 1 is 1.37 bits per heavy atom. The predicted molar refractivity (Wildman–Crippen MR) is 78.7 cm³/mol. The second-order valence-corrected chi connectivity index (χ2v) is 5.82. The third-order valence-corrected chi connectivity index (χ3v) is 4.15. The monoisotopic (exact) mass is 280 g/mol. The first kappa shape index (κ1) is 14.4. The Morgan fingerprint density at radius 3 is 2.63 bits per heavy atom. The van der Waals surface area contributed by atoms with Gasteiger partial charge in [0.2, 0.25) is 0 Å². The number of ether oxygens (including phenoxy) is 1. The summed E-state index contributed by atoms with van der Waals surface area (Å²) in [6.07, 6.45) is 5.15. The first-order valence-electron chi connectivity index (χ1n) is 6.80. The highest BCUT2D eigenvalue weighted by Crippen LogP contribution is 2.27. The van der Waals surface area contributed by atoms with E-state index in [1.54, 1.807) is 6.07 Å². The van der Waals surface area contributed by atoms with Crippen molar-refractivity contribution < 1.29 is 4.74 Å². The van der Waals surface area contributed by atoms with Gasteiger partial charge in [0.1, 0.15) is 5.84 Å². The Balaban J connectivity index is 1.91. The predicted octanol–water partition coefficient (Wildman–Crippen LogP) is 3.72. The minimum atomic E-state index is 0.0376. The number of nitrogen functional groups attached to an aromatic ring is 1. The van der Waals surface area contributed by atoms with Crippen molar-refractivity contribution in [2.24, 2.45) is 11.7 Å². The van der Waals surface area contributed by atoms with Crippen LogP contribution in [0.1, 0.15) is 43.7 Å². The van der Waals surface area contributed by atoms with Gasteiger partial charge >= 0.3 is 0 Å². The molecule has 19 heavy (non-hydrogen) atoms. The molecule has 1 saturated carbocycles. The molecule has 1 aromatic carbocycles. The molecule has 0 aromatic heterocycles. The van der Waals surface area contributed by atoms with E-state index in [1.807, 2.05) is 12.1 Å². The largest absolute Gasteiger partial charge is 0.384 e. The summed E-state index contributed by atoms with van der Waals surface area (Å²) in [4.78, 5) is 0. The van der Waals surface area contributed by atoms with Gasteiger partial charge < -0.3 is 10.5 Å². The van der Waals surface area contributed by atoms with E-state index in [4.69, 9.17) is 27.5 Å². The Hall–Kier alpha value is -1.06. The molecule has 0 heterocycles. The fraction of sp³-hybridized carbons (Fsp3) is 0.533. The Bertz CT molecular complexity index is 453. The maximum absolute atomic E-state index is 7.37. The number of nitrogens with two attached hydrogens (primary N) is 1. The summed E-state index contributed by atoms with van der Waals surface area (Å²) in [7, 11) is 0. The molecule has 0 spiro atoms. The van der Waals surface area contributed by atoms with E-state index in [0.29, 0.717) is 23.3 Å². The van der Waals surface area contributed by atoms with Crippen LogP contribution in [0.5, 0.6) is 0 Å². The molecular weight excluding hydrogens is 260 g/mol. The molecule has 104 valence electrons. The van der Waals surface area contributed by atoms with E-state index in [9.17, 15) is 0 Å². The summed E-state index contributed by atoms with van der Waals surface area (Å²) < 4.78 is 5.93. The van der Waals surface area contributed by atoms with Crippen LogP contribution >= 0.6 is 11.6 Å². The number of hydrogen-bond donors (Lipinski definition) is 2. The minimum absolute atomic E-state index is 0.0376. The van der Waals surface area contributed by atoms with Crippen LogP contribution in [-0.4, -0.2) is 11.9 Å². The minimum Gasteiger partial charge on any atom is -0.384 e. The zero-order valence-electron chi connectivity index (χ0n) is 11.3. The van der Waals surface area contributed by atoms with Gasteiger partial charge in [0.25, 0.3) is 0 Å². The van der Waals surface area contributed by atoms with Crippen LogP contribution < -0.4 is 5.73 Å². The van der Waals surface area contributed by atoms with Crippen molar-refractivity contribution in [1.29, 1.82) is 5.41 Å². The maximum atomic E-state index is 7.37. The molecule has 0 atom stereocenters. The fourth-order valence-corrected chi connectivity index (χ4v) is 2.67. The first-order chi connectivity index (χ1) is 9.06. The molecule has 3 N–H and O–H groups in total. The molecule has 0 unspecified atom stereocenters. The van der Waals surface area contributed by atoms with Gasteiger partial charge in [-0.2, -0.15) is 0 Å². The van der Waals surface area contributed by atoms with E-state index in [0.717, 1.165) is 24.3 Å². The lowest BCUT2D eigenvalue weighted by atomic mass is 9.89. The van der Waals surface area contributed by atoms with Crippen molar-refractivity contribution in [2.75, 3.05) is 0 Å². The lowest BCUT2D eigenvalue weighted by Gasteiger charge is -2.26. The topological polar surface area (TPSA) is 59.1 Å². The van der Waals surface area contributed by atoms with E-state index in [2.05, 4.69) is 6.92 Å². The van der Waals surface area contributed by atoms with Gasteiger partial charge in [0.15, 0.2) is 0 Å². The van der Waals surface area contributed by atoms with Crippen LogP contribution in [0.4, 0.5) is 0 Å². The fourth-order valence-electron chi connectivity index (χ4n) is 2.44. The van der Waals surface area contributed by atoms with Crippen LogP contribution in [0.3, 0.4) is 0 Å². The van der Waals surface area contributed by atoms with Gasteiger partial charge in [-0.1, -0.05) is 30.7 Å². The van der Waals surface area contributed by atoms with Gasteiger partial charge in [0.05, 0.1) is 12.7 Å². The van der Waals surface area contributed by atoms with Gasteiger partial charge in [-0.3, -0.25) is 5.41 Å². The van der Waals surface area contributed by atoms with Crippen molar-refractivity contribution in [3.63, 3.8) is 0 Å². The van der Waals surface area contributed by atoms with Crippen LogP contribution in [-0.2, 0) is 11.3 Å². The Kier molecular flexibility index (Phi) is 4.83. The summed E-state index contributed by atoms with van der Waals surface area (Å²) in [5, 5.41) is 7.99. The van der Waals surface area contributed by atoms with E-state index >= 15 is 0 Å². The molecular formula is C15H21ClN2O. The second kappa shape index (κ2) is 6.40. The molecule has 1 aliphatic rings. The molecule has 0 aliphatic heterocycles. The van der Waals surface area contributed by atoms with Crippen molar-refractivity contribution in [3.05, 3.63) is 34.3 Å². The average molecular weight is 281 g/mol. The number of amidine groups is 1. The van der Waals surface area contributed by atoms with Crippen LogP contribution in [0.25, 0.3) is 0 Å². The van der Waals surface area contributed by atoms with Gasteiger partial charge in [-0.05, 0) is 43.2 Å². The quantitative estimate of drug-likeness (QED) is 0.652. The molecule has 1 aromatic rings. The highest BCUT2D eigenvalue weighted by molar-refractivity contribution is 6.31. The summed E-state index contributed by atoms with van der Waals surface area (Å²) in [5.74, 6) is 0.869. The molecule has 0 saturated heterocycles. The van der Waals surface area contributed by atoms with Crippen molar-refractivity contribution in [3.8, 4) is 0 Å². The SMILES string of the molecule is CC1CCC(OCc2ccc(C(=N)N)cc2Cl)CC1. The van der Waals surface area contributed by atoms with Gasteiger partial charge in [-0.15, -0.1) is 0 Å². The number of nitrogens with one attached hydrogen (secondary N) is 1. The maximum Gasteiger partial charge on any atom is 0.122 e. The van der Waals surface area contributed by atoms with Crippen LogP contribution in [0.2, 0.25) is 5.02 Å². The molecule has 2 rings (SSSR count). The van der Waals surface area contributed by atoms with E-state index < -0.39 is 0 Å². The summed E-state index contributed by atoms with van der Waals surface area (Å²) >= 11 is 6.18. The molecule has 0 amide bonds. The number of benzene rings is 1. The van der Waals surface area contributed by atoms with E-state index in [-0.39, 0.29) is 5.84 Å². The van der Waals surface area contributed by atoms with Crippen LogP contribution in [0.15, 0.2) is 18.2 Å². The average Bonchev–Trinajstić information content (AvgIpc) is 2.39. The Labute approximate surface area is 119 Å². The molecule has 1 fully saturated rings. The smallest absolute Gasteiger partial charge is 0.122 e. The van der Waals surface area contributed by atoms with Gasteiger partial charge in [-0.25, -0.2) is 0 Å². The van der Waals surface area contributed by atoms with Gasteiger partial charge in [0, 0.05) is 10.6 Å². The number of rotatable bonds is 4. The lowest BCUT2D eigenvalue weighted by molar-refractivity contribution is 0.00881. The molecule has 3 nitrogen and oxygen atoms in total. The third kappa shape index (κ3) is 3.95. The molecule has 1 aliphatic carbocycles. The number of halogens is 1. The highest BCUT2D eigenvalue weighted by atomic mass is 35.5. The standard InChI is InChI=1S/C15H21ClN2O/c1-10-2-6-13(7-3-10)19-9-12-5-4-11(15(17)18)8-14(12)16/h4-5,8,10,13H,2-3,6-7,9H2,1H3,(H3,17,18). The summed E-state index contributed by atoms with van der Waals surface area (Å²) in [6, 6.07) is 5.44. The molecule has 0 radical (unpaired) electrons. The Morgan fingerprint density at radius 2 is 2.05 bits per heavy atom. The molecule has 4 heteroatoms. The van der Waals surface area contributed by atoms with Crippen LogP contribution in [0, 0.1) is 11.3 Å². The van der Waals surface area contributed by atoms with E-state index in [1.165, 1.54) is 12.8 Å². The summed E-state index contributed by atoms with van der Waals surface area (Å²) in [6.45, 7) is 2.84. The van der Waals surface area contributed by atoms with Crippen molar-refractivity contribution >= 4 is 17.4 Å². The molecule has 0 bridgehead atoms. The van der Waals surface area contributed by atoms with Crippen molar-refractivity contribution in [2.45, 2.75) is 45.3 Å². The summed E-state index contributed by atoms with van der Waals surface area (Å²) in [5.41, 5.74) is 7.05. The zero-order chi connectivity index (χ0) is 13.8. The third-order valence-electron chi connectivity index (χ3n) is 3.80. The van der Waals surface area contributed by atoms with Crippen molar-refractivity contribution in [1.82, 2.24) is 0 Å². The second-order valence-electron chi connectivity index (χ2n) is 5.41. The highest BCUT2D eigenvalue weighted by Gasteiger charge is 2.18. The zero-order valence-corrected chi connectivity index (χ0v) is 12.0. The normalized spacial score (nSPS) is 23.3. The first-order valence-corrected chi connectivity index (χ1v) is 7.18.